The molecule has 1 heterocycles. The Kier molecular flexibility index (Phi) is 3.50. The smallest absolute Gasteiger partial charge is 0.413 e. The summed E-state index contributed by atoms with van der Waals surface area (Å²) in [5.74, 6) is -0.342. The molecule has 0 aromatic rings. The van der Waals surface area contributed by atoms with Crippen LogP contribution >= 0.6 is 0 Å². The van der Waals surface area contributed by atoms with Crippen molar-refractivity contribution in [2.45, 2.75) is 20.0 Å². The van der Waals surface area contributed by atoms with Gasteiger partial charge in [0.2, 0.25) is 0 Å². The van der Waals surface area contributed by atoms with Crippen LogP contribution in [0, 0.1) is 0 Å². The van der Waals surface area contributed by atoms with Crippen molar-refractivity contribution in [3.63, 3.8) is 0 Å². The van der Waals surface area contributed by atoms with Crippen molar-refractivity contribution in [1.82, 2.24) is 4.90 Å². The van der Waals surface area contributed by atoms with Crippen LogP contribution in [-0.4, -0.2) is 36.2 Å². The molecule has 1 amide bonds. The second-order valence-electron chi connectivity index (χ2n) is 2.96. The van der Waals surface area contributed by atoms with Crippen molar-refractivity contribution in [2.24, 2.45) is 0 Å². The third kappa shape index (κ3) is 3.08. The Bertz CT molecular complexity index is 262. The first kappa shape index (κ1) is 10.6. The predicted molar refractivity (Wildman–Crippen MR) is 48.4 cm³/mol. The largest absolute Gasteiger partial charge is 0.459 e. The summed E-state index contributed by atoms with van der Waals surface area (Å²) in [4.78, 5) is 22.9. The monoisotopic (exact) mass is 199 g/mol. The molecule has 14 heavy (non-hydrogen) atoms. The van der Waals surface area contributed by atoms with Crippen LogP contribution in [0.2, 0.25) is 0 Å². The highest BCUT2D eigenvalue weighted by atomic mass is 16.6. The van der Waals surface area contributed by atoms with Crippen molar-refractivity contribution >= 4 is 12.1 Å². The minimum Gasteiger partial charge on any atom is -0.459 e. The van der Waals surface area contributed by atoms with Crippen LogP contribution in [-0.2, 0) is 14.3 Å². The number of nitrogens with zero attached hydrogens (tertiary/aromatic N) is 1. The van der Waals surface area contributed by atoms with E-state index in [1.165, 1.54) is 11.8 Å². The van der Waals surface area contributed by atoms with Crippen molar-refractivity contribution in [3.8, 4) is 0 Å². The van der Waals surface area contributed by atoms with E-state index in [1.54, 1.807) is 19.2 Å². The van der Waals surface area contributed by atoms with E-state index in [0.717, 1.165) is 0 Å². The van der Waals surface area contributed by atoms with Gasteiger partial charge in [0.25, 0.3) is 0 Å². The lowest BCUT2D eigenvalue weighted by atomic mass is 10.4. The molecule has 1 fully saturated rings. The molecule has 1 rings (SSSR count). The van der Waals surface area contributed by atoms with Crippen LogP contribution in [0.25, 0.3) is 0 Å². The zero-order chi connectivity index (χ0) is 10.6. The lowest BCUT2D eigenvalue weighted by Gasteiger charge is -2.09. The topological polar surface area (TPSA) is 55.8 Å². The zero-order valence-corrected chi connectivity index (χ0v) is 8.23. The van der Waals surface area contributed by atoms with Gasteiger partial charge >= 0.3 is 12.1 Å². The number of hydrogen-bond donors (Lipinski definition) is 0. The molecule has 0 N–H and O–H groups in total. The van der Waals surface area contributed by atoms with Gasteiger partial charge in [0.05, 0.1) is 6.54 Å². The van der Waals surface area contributed by atoms with Gasteiger partial charge in [-0.1, -0.05) is 0 Å². The quantitative estimate of drug-likeness (QED) is 0.634. The molecule has 78 valence electrons. The SMILES string of the molecule is CC(=O)OC(C)/C=C/N1CCOC1=O. The first-order valence-corrected chi connectivity index (χ1v) is 4.38. The Balaban J connectivity index is 2.38. The van der Waals surface area contributed by atoms with Gasteiger partial charge < -0.3 is 9.47 Å². The van der Waals surface area contributed by atoms with Crippen LogP contribution in [0.5, 0.6) is 0 Å². The highest BCUT2D eigenvalue weighted by molar-refractivity contribution is 5.70. The predicted octanol–water partition coefficient (Wildman–Crippen LogP) is 0.904. The number of rotatable bonds is 3. The van der Waals surface area contributed by atoms with Crippen molar-refractivity contribution in [1.29, 1.82) is 0 Å². The number of ether oxygens (including phenoxy) is 2. The zero-order valence-electron chi connectivity index (χ0n) is 8.23. The fourth-order valence-electron chi connectivity index (χ4n) is 1.07. The van der Waals surface area contributed by atoms with Crippen LogP contribution in [0.3, 0.4) is 0 Å². The van der Waals surface area contributed by atoms with Crippen LogP contribution in [0.15, 0.2) is 12.3 Å². The Morgan fingerprint density at radius 3 is 2.93 bits per heavy atom. The molecule has 5 nitrogen and oxygen atoms in total. The van der Waals surface area contributed by atoms with Crippen LogP contribution < -0.4 is 0 Å². The number of carbonyl (C=O) groups is 2. The molecule has 0 aliphatic carbocycles. The summed E-state index contributed by atoms with van der Waals surface area (Å²) in [7, 11) is 0. The average molecular weight is 199 g/mol. The Labute approximate surface area is 82.3 Å². The summed E-state index contributed by atoms with van der Waals surface area (Å²) in [6.07, 6.45) is 2.51. The molecule has 0 saturated carbocycles. The molecule has 0 bridgehead atoms. The van der Waals surface area contributed by atoms with E-state index < -0.39 is 0 Å². The van der Waals surface area contributed by atoms with Gasteiger partial charge in [-0.05, 0) is 13.0 Å². The van der Waals surface area contributed by atoms with Crippen LogP contribution in [0.1, 0.15) is 13.8 Å². The summed E-state index contributed by atoms with van der Waals surface area (Å²) in [6, 6.07) is 0. The Morgan fingerprint density at radius 1 is 1.71 bits per heavy atom. The summed E-state index contributed by atoms with van der Waals surface area (Å²) in [5, 5.41) is 0. The van der Waals surface area contributed by atoms with E-state index in [9.17, 15) is 9.59 Å². The van der Waals surface area contributed by atoms with Gasteiger partial charge in [0.15, 0.2) is 0 Å². The first-order valence-electron chi connectivity index (χ1n) is 4.38. The maximum absolute atomic E-state index is 11.0. The molecule has 0 spiro atoms. The van der Waals surface area contributed by atoms with Crippen LogP contribution in [0.4, 0.5) is 4.79 Å². The molecule has 1 unspecified atom stereocenters. The maximum Gasteiger partial charge on any atom is 0.413 e. The second kappa shape index (κ2) is 4.64. The maximum atomic E-state index is 11.0. The van der Waals surface area contributed by atoms with E-state index in [2.05, 4.69) is 0 Å². The number of hydrogen-bond acceptors (Lipinski definition) is 4. The Morgan fingerprint density at radius 2 is 2.43 bits per heavy atom. The van der Waals surface area contributed by atoms with Gasteiger partial charge in [-0.2, -0.15) is 0 Å². The van der Waals surface area contributed by atoms with Crippen molar-refractivity contribution < 1.29 is 19.1 Å². The molecule has 1 aliphatic rings. The number of cyclic esters (lactones) is 1. The molecule has 1 saturated heterocycles. The summed E-state index contributed by atoms with van der Waals surface area (Å²) >= 11 is 0. The molecule has 1 atom stereocenters. The minimum absolute atomic E-state index is 0.333. The van der Waals surface area contributed by atoms with Gasteiger partial charge in [-0.25, -0.2) is 4.79 Å². The average Bonchev–Trinajstić information content (AvgIpc) is 2.46. The molecule has 0 aromatic heterocycles. The van der Waals surface area contributed by atoms with Gasteiger partial charge in [0, 0.05) is 13.1 Å². The second-order valence-corrected chi connectivity index (χ2v) is 2.96. The Hall–Kier alpha value is -1.52. The minimum atomic E-state index is -0.365. The van der Waals surface area contributed by atoms with Gasteiger partial charge in [-0.15, -0.1) is 0 Å². The van der Waals surface area contributed by atoms with E-state index in [0.29, 0.717) is 13.2 Å². The fourth-order valence-corrected chi connectivity index (χ4v) is 1.07. The molecule has 1 aliphatic heterocycles. The first-order chi connectivity index (χ1) is 6.59. The van der Waals surface area contributed by atoms with E-state index in [-0.39, 0.29) is 18.2 Å². The highest BCUT2D eigenvalue weighted by Crippen LogP contribution is 2.04. The van der Waals surface area contributed by atoms with E-state index in [1.807, 2.05) is 0 Å². The number of amides is 1. The van der Waals surface area contributed by atoms with Crippen molar-refractivity contribution in [2.75, 3.05) is 13.2 Å². The number of esters is 1. The standard InChI is InChI=1S/C9H13NO4/c1-7(14-8(2)11)3-4-10-5-6-13-9(10)12/h3-4,7H,5-6H2,1-2H3/b4-3+. The van der Waals surface area contributed by atoms with Gasteiger partial charge in [-0.3, -0.25) is 9.69 Å². The van der Waals surface area contributed by atoms with E-state index in [4.69, 9.17) is 9.47 Å². The third-order valence-electron chi connectivity index (χ3n) is 1.68. The number of carbonyl (C=O) groups excluding carboxylic acids is 2. The van der Waals surface area contributed by atoms with E-state index >= 15 is 0 Å². The lowest BCUT2D eigenvalue weighted by molar-refractivity contribution is -0.143. The molecular weight excluding hydrogens is 186 g/mol. The molecule has 5 heteroatoms. The lowest BCUT2D eigenvalue weighted by Crippen LogP contribution is -2.18. The molecule has 0 aromatic carbocycles. The van der Waals surface area contributed by atoms with Gasteiger partial charge in [0.1, 0.15) is 12.7 Å². The fraction of sp³-hybridized carbons (Fsp3) is 0.556. The third-order valence-corrected chi connectivity index (χ3v) is 1.68. The van der Waals surface area contributed by atoms with Crippen molar-refractivity contribution in [3.05, 3.63) is 12.3 Å². The summed E-state index contributed by atoms with van der Waals surface area (Å²) < 4.78 is 9.55. The molecular formula is C9H13NO4. The summed E-state index contributed by atoms with van der Waals surface area (Å²) in [6.45, 7) is 4.01. The molecule has 0 radical (unpaired) electrons. The highest BCUT2D eigenvalue weighted by Gasteiger charge is 2.19. The summed E-state index contributed by atoms with van der Waals surface area (Å²) in [5.41, 5.74) is 0. The normalized spacial score (nSPS) is 18.4.